The van der Waals surface area contributed by atoms with Crippen LogP contribution in [0.4, 0.5) is 5.69 Å². The lowest BCUT2D eigenvalue weighted by atomic mass is 10.1. The summed E-state index contributed by atoms with van der Waals surface area (Å²) in [5, 5.41) is 14.1. The molecule has 1 saturated carbocycles. The van der Waals surface area contributed by atoms with Gasteiger partial charge < -0.3 is 5.32 Å². The number of hydrogen-bond acceptors (Lipinski definition) is 4. The predicted molar refractivity (Wildman–Crippen MR) is 88.0 cm³/mol. The van der Waals surface area contributed by atoms with Crippen molar-refractivity contribution in [1.29, 1.82) is 0 Å². The molecule has 6 heteroatoms. The first kappa shape index (κ1) is 15.4. The molecule has 1 heterocycles. The fourth-order valence-electron chi connectivity index (χ4n) is 3.05. The minimum absolute atomic E-state index is 0.0215. The Bertz CT molecular complexity index is 727. The molecule has 1 aromatic carbocycles. The Morgan fingerprint density at radius 1 is 1.26 bits per heavy atom. The molecule has 0 spiro atoms. The van der Waals surface area contributed by atoms with Crippen molar-refractivity contribution in [3.63, 3.8) is 0 Å². The van der Waals surface area contributed by atoms with Crippen molar-refractivity contribution in [3.05, 3.63) is 42.2 Å². The summed E-state index contributed by atoms with van der Waals surface area (Å²) in [5.74, 6) is 0.414. The highest BCUT2D eigenvalue weighted by atomic mass is 16.2. The molecular weight excluding hydrogens is 290 g/mol. The highest BCUT2D eigenvalue weighted by molar-refractivity contribution is 5.95. The average molecular weight is 311 g/mol. The molecule has 3 rings (SSSR count). The van der Waals surface area contributed by atoms with E-state index in [9.17, 15) is 4.79 Å². The maximum Gasteiger partial charge on any atom is 0.228 e. The van der Waals surface area contributed by atoms with Crippen LogP contribution in [0, 0.1) is 17.3 Å². The minimum Gasteiger partial charge on any atom is -0.326 e. The van der Waals surface area contributed by atoms with E-state index in [1.165, 1.54) is 11.9 Å². The molecule has 1 N–H and O–H groups in total. The van der Waals surface area contributed by atoms with Gasteiger partial charge in [-0.2, -0.15) is 0 Å². The van der Waals surface area contributed by atoms with E-state index in [0.717, 1.165) is 11.4 Å². The van der Waals surface area contributed by atoms with Crippen molar-refractivity contribution in [2.45, 2.75) is 27.7 Å². The fourth-order valence-corrected chi connectivity index (χ4v) is 3.05. The lowest BCUT2D eigenvalue weighted by Crippen LogP contribution is -2.16. The van der Waals surface area contributed by atoms with Crippen molar-refractivity contribution in [2.24, 2.45) is 17.3 Å². The summed E-state index contributed by atoms with van der Waals surface area (Å²) in [6.45, 7) is 8.42. The van der Waals surface area contributed by atoms with Crippen molar-refractivity contribution in [2.75, 3.05) is 5.32 Å². The standard InChI is InChI=1S/C17H21N5O/c1-11(2)9-14-15(17(14,3)4)16(23)19-12-5-7-13(8-6-12)22-10-18-20-21-22/h5-10,14-15H,1-4H3,(H,19,23)/t14-,15+/m1/s1. The second kappa shape index (κ2) is 5.61. The zero-order valence-electron chi connectivity index (χ0n) is 13.8. The highest BCUT2D eigenvalue weighted by Gasteiger charge is 2.60. The monoisotopic (exact) mass is 311 g/mol. The van der Waals surface area contributed by atoms with Crippen LogP contribution in [0.5, 0.6) is 0 Å². The number of aromatic nitrogens is 4. The van der Waals surface area contributed by atoms with Crippen LogP contribution in [-0.2, 0) is 4.79 Å². The van der Waals surface area contributed by atoms with Crippen LogP contribution in [0.15, 0.2) is 42.2 Å². The maximum absolute atomic E-state index is 12.5. The number of nitrogens with zero attached hydrogens (tertiary/aromatic N) is 4. The molecule has 0 aliphatic heterocycles. The van der Waals surface area contributed by atoms with Crippen LogP contribution < -0.4 is 5.32 Å². The Kier molecular flexibility index (Phi) is 3.75. The molecule has 1 fully saturated rings. The van der Waals surface area contributed by atoms with E-state index in [2.05, 4.69) is 54.6 Å². The van der Waals surface area contributed by atoms with E-state index < -0.39 is 0 Å². The molecule has 0 bridgehead atoms. The fraction of sp³-hybridized carbons (Fsp3) is 0.412. The maximum atomic E-state index is 12.5. The average Bonchev–Trinajstić information content (AvgIpc) is 2.88. The third kappa shape index (κ3) is 3.02. The van der Waals surface area contributed by atoms with Crippen molar-refractivity contribution >= 4 is 11.6 Å². The Morgan fingerprint density at radius 2 is 1.96 bits per heavy atom. The molecule has 23 heavy (non-hydrogen) atoms. The highest BCUT2D eigenvalue weighted by Crippen LogP contribution is 2.59. The largest absolute Gasteiger partial charge is 0.326 e. The first-order valence-electron chi connectivity index (χ1n) is 7.69. The van der Waals surface area contributed by atoms with E-state index in [1.54, 1.807) is 4.68 Å². The smallest absolute Gasteiger partial charge is 0.228 e. The summed E-state index contributed by atoms with van der Waals surface area (Å²) in [6.07, 6.45) is 3.73. The Balaban J connectivity index is 1.68. The number of allylic oxidation sites excluding steroid dienone is 2. The number of anilines is 1. The molecule has 2 atom stereocenters. The van der Waals surface area contributed by atoms with Crippen LogP contribution in [0.25, 0.3) is 5.69 Å². The van der Waals surface area contributed by atoms with E-state index in [0.29, 0.717) is 5.92 Å². The number of carbonyl (C=O) groups excluding carboxylic acids is 1. The third-order valence-corrected chi connectivity index (χ3v) is 4.45. The van der Waals surface area contributed by atoms with Gasteiger partial charge in [-0.1, -0.05) is 25.5 Å². The molecule has 2 aromatic rings. The van der Waals surface area contributed by atoms with Crippen LogP contribution >= 0.6 is 0 Å². The summed E-state index contributed by atoms with van der Waals surface area (Å²) in [5.41, 5.74) is 2.91. The lowest BCUT2D eigenvalue weighted by molar-refractivity contribution is -0.118. The van der Waals surface area contributed by atoms with Crippen LogP contribution in [0.1, 0.15) is 27.7 Å². The van der Waals surface area contributed by atoms with Gasteiger partial charge in [0.2, 0.25) is 5.91 Å². The normalized spacial score (nSPS) is 21.6. The first-order chi connectivity index (χ1) is 10.9. The molecule has 120 valence electrons. The Labute approximate surface area is 135 Å². The zero-order chi connectivity index (χ0) is 16.6. The van der Waals surface area contributed by atoms with Crippen LogP contribution in [0.2, 0.25) is 0 Å². The van der Waals surface area contributed by atoms with Crippen molar-refractivity contribution < 1.29 is 4.79 Å². The first-order valence-corrected chi connectivity index (χ1v) is 7.69. The van der Waals surface area contributed by atoms with Crippen molar-refractivity contribution in [3.8, 4) is 5.69 Å². The van der Waals surface area contributed by atoms with Crippen LogP contribution in [-0.4, -0.2) is 26.1 Å². The molecule has 1 aliphatic rings. The second-order valence-electron chi connectivity index (χ2n) is 6.86. The number of benzene rings is 1. The van der Waals surface area contributed by atoms with E-state index in [1.807, 2.05) is 24.3 Å². The molecule has 6 nitrogen and oxygen atoms in total. The number of carbonyl (C=O) groups is 1. The van der Waals surface area contributed by atoms with Gasteiger partial charge in [-0.05, 0) is 59.9 Å². The van der Waals surface area contributed by atoms with Gasteiger partial charge in [0.05, 0.1) is 11.6 Å². The van der Waals surface area contributed by atoms with Crippen LogP contribution in [0.3, 0.4) is 0 Å². The molecule has 1 aliphatic carbocycles. The zero-order valence-corrected chi connectivity index (χ0v) is 13.8. The molecule has 0 radical (unpaired) electrons. The number of tetrazole rings is 1. The molecular formula is C17H21N5O. The molecule has 0 saturated heterocycles. The Morgan fingerprint density at radius 3 is 2.52 bits per heavy atom. The van der Waals surface area contributed by atoms with Gasteiger partial charge in [0, 0.05) is 5.69 Å². The summed E-state index contributed by atoms with van der Waals surface area (Å²) < 4.78 is 1.57. The number of amides is 1. The van der Waals surface area contributed by atoms with Gasteiger partial charge >= 0.3 is 0 Å². The summed E-state index contributed by atoms with van der Waals surface area (Å²) >= 11 is 0. The summed E-state index contributed by atoms with van der Waals surface area (Å²) in [7, 11) is 0. The van der Waals surface area contributed by atoms with E-state index >= 15 is 0 Å². The van der Waals surface area contributed by atoms with Crippen molar-refractivity contribution in [1.82, 2.24) is 20.2 Å². The third-order valence-electron chi connectivity index (χ3n) is 4.45. The number of nitrogens with one attached hydrogen (secondary N) is 1. The predicted octanol–water partition coefficient (Wildman–Crippen LogP) is 2.84. The van der Waals surface area contributed by atoms with Gasteiger partial charge in [-0.15, -0.1) is 5.10 Å². The molecule has 1 aromatic heterocycles. The molecule has 0 unspecified atom stereocenters. The minimum atomic E-state index is 0.0215. The van der Waals surface area contributed by atoms with E-state index in [4.69, 9.17) is 0 Å². The van der Waals surface area contributed by atoms with Gasteiger partial charge in [0.25, 0.3) is 0 Å². The van der Waals surface area contributed by atoms with Gasteiger partial charge in [0.15, 0.2) is 0 Å². The SMILES string of the molecule is CC(C)=C[C@@H]1[C@@H](C(=O)Nc2ccc(-n3cnnn3)cc2)C1(C)C. The quantitative estimate of drug-likeness (QED) is 0.881. The molecule has 1 amide bonds. The summed E-state index contributed by atoms with van der Waals surface area (Å²) in [4.78, 5) is 12.5. The van der Waals surface area contributed by atoms with Gasteiger partial charge in [0.1, 0.15) is 6.33 Å². The second-order valence-corrected chi connectivity index (χ2v) is 6.86. The Hall–Kier alpha value is -2.50. The lowest BCUT2D eigenvalue weighted by Gasteiger charge is -2.07. The number of rotatable bonds is 4. The summed E-state index contributed by atoms with van der Waals surface area (Å²) in [6, 6.07) is 7.47. The van der Waals surface area contributed by atoms with E-state index in [-0.39, 0.29) is 17.2 Å². The van der Waals surface area contributed by atoms with Gasteiger partial charge in [-0.25, -0.2) is 4.68 Å². The topological polar surface area (TPSA) is 72.7 Å². The van der Waals surface area contributed by atoms with Gasteiger partial charge in [-0.3, -0.25) is 4.79 Å². The number of hydrogen-bond donors (Lipinski definition) is 1.